The Labute approximate surface area is 112 Å². The van der Waals surface area contributed by atoms with Gasteiger partial charge in [0.25, 0.3) is 0 Å². The van der Waals surface area contributed by atoms with Crippen molar-refractivity contribution in [3.05, 3.63) is 35.8 Å². The first-order valence-corrected chi connectivity index (χ1v) is 6.90. The molecule has 0 radical (unpaired) electrons. The SMILES string of the molecule is CC1CCC(O)(c2cc3cccc(F)c3o2)CC1C. The molecule has 0 aliphatic heterocycles. The monoisotopic (exact) mass is 262 g/mol. The summed E-state index contributed by atoms with van der Waals surface area (Å²) in [5, 5.41) is 11.5. The third kappa shape index (κ3) is 2.06. The molecule has 1 aliphatic rings. The fraction of sp³-hybridized carbons (Fsp3) is 0.500. The van der Waals surface area contributed by atoms with Gasteiger partial charge >= 0.3 is 0 Å². The zero-order valence-corrected chi connectivity index (χ0v) is 11.3. The lowest BCUT2D eigenvalue weighted by atomic mass is 9.72. The van der Waals surface area contributed by atoms with Crippen LogP contribution in [-0.2, 0) is 5.60 Å². The molecule has 2 aromatic rings. The van der Waals surface area contributed by atoms with Crippen LogP contribution in [0.25, 0.3) is 11.0 Å². The summed E-state index contributed by atoms with van der Waals surface area (Å²) in [4.78, 5) is 0. The van der Waals surface area contributed by atoms with Crippen LogP contribution >= 0.6 is 0 Å². The molecule has 0 spiro atoms. The number of halogens is 1. The Kier molecular flexibility index (Phi) is 2.90. The zero-order valence-electron chi connectivity index (χ0n) is 11.3. The van der Waals surface area contributed by atoms with E-state index in [9.17, 15) is 9.50 Å². The Morgan fingerprint density at radius 1 is 1.32 bits per heavy atom. The number of furan rings is 1. The number of benzene rings is 1. The average Bonchev–Trinajstić information content (AvgIpc) is 2.81. The molecule has 1 aromatic heterocycles. The molecule has 3 rings (SSSR count). The highest BCUT2D eigenvalue weighted by Gasteiger charge is 2.40. The molecule has 1 fully saturated rings. The van der Waals surface area contributed by atoms with Crippen LogP contribution in [0.5, 0.6) is 0 Å². The molecule has 1 N–H and O–H groups in total. The van der Waals surface area contributed by atoms with Crippen molar-refractivity contribution in [2.45, 2.75) is 38.7 Å². The predicted octanol–water partition coefficient (Wildman–Crippen LogP) is 4.22. The number of para-hydroxylation sites is 1. The molecule has 0 bridgehead atoms. The van der Waals surface area contributed by atoms with E-state index < -0.39 is 5.60 Å². The van der Waals surface area contributed by atoms with Gasteiger partial charge < -0.3 is 9.52 Å². The second-order valence-corrected chi connectivity index (χ2v) is 6.00. The predicted molar refractivity (Wildman–Crippen MR) is 72.2 cm³/mol. The minimum Gasteiger partial charge on any atom is -0.455 e. The van der Waals surface area contributed by atoms with E-state index in [2.05, 4.69) is 13.8 Å². The van der Waals surface area contributed by atoms with E-state index in [0.717, 1.165) is 11.8 Å². The van der Waals surface area contributed by atoms with Gasteiger partial charge in [-0.2, -0.15) is 0 Å². The molecular formula is C16H19FO2. The molecule has 1 aromatic carbocycles. The molecule has 1 aliphatic carbocycles. The van der Waals surface area contributed by atoms with Crippen molar-refractivity contribution in [3.63, 3.8) is 0 Å². The van der Waals surface area contributed by atoms with E-state index in [0.29, 0.717) is 30.4 Å². The Morgan fingerprint density at radius 3 is 2.79 bits per heavy atom. The van der Waals surface area contributed by atoms with Gasteiger partial charge in [-0.3, -0.25) is 0 Å². The summed E-state index contributed by atoms with van der Waals surface area (Å²) in [6, 6.07) is 6.63. The van der Waals surface area contributed by atoms with Gasteiger partial charge in [0.1, 0.15) is 11.4 Å². The molecule has 2 nitrogen and oxygen atoms in total. The number of fused-ring (bicyclic) bond motifs is 1. The zero-order chi connectivity index (χ0) is 13.6. The summed E-state index contributed by atoms with van der Waals surface area (Å²) in [7, 11) is 0. The minimum absolute atomic E-state index is 0.247. The number of rotatable bonds is 1. The summed E-state index contributed by atoms with van der Waals surface area (Å²) in [6.07, 6.45) is 2.33. The minimum atomic E-state index is -0.947. The Hall–Kier alpha value is -1.35. The lowest BCUT2D eigenvalue weighted by Crippen LogP contribution is -2.34. The summed E-state index contributed by atoms with van der Waals surface area (Å²) in [5.74, 6) is 1.19. The quantitative estimate of drug-likeness (QED) is 0.835. The van der Waals surface area contributed by atoms with E-state index in [1.165, 1.54) is 6.07 Å². The average molecular weight is 262 g/mol. The third-order valence-electron chi connectivity index (χ3n) is 4.60. The summed E-state index contributed by atoms with van der Waals surface area (Å²) in [6.45, 7) is 4.36. The molecule has 1 saturated carbocycles. The molecule has 0 amide bonds. The van der Waals surface area contributed by atoms with Crippen LogP contribution in [0.2, 0.25) is 0 Å². The molecule has 0 saturated heterocycles. The highest BCUT2D eigenvalue weighted by Crippen LogP contribution is 2.44. The van der Waals surface area contributed by atoms with Crippen LogP contribution in [0.4, 0.5) is 4.39 Å². The van der Waals surface area contributed by atoms with Gasteiger partial charge in [0.15, 0.2) is 11.4 Å². The van der Waals surface area contributed by atoms with Crippen molar-refractivity contribution in [1.82, 2.24) is 0 Å². The van der Waals surface area contributed by atoms with Crippen LogP contribution in [-0.4, -0.2) is 5.11 Å². The van der Waals surface area contributed by atoms with Crippen LogP contribution < -0.4 is 0 Å². The van der Waals surface area contributed by atoms with Gasteiger partial charge in [-0.15, -0.1) is 0 Å². The largest absolute Gasteiger partial charge is 0.455 e. The third-order valence-corrected chi connectivity index (χ3v) is 4.60. The van der Waals surface area contributed by atoms with E-state index in [4.69, 9.17) is 4.42 Å². The fourth-order valence-corrected chi connectivity index (χ4v) is 3.07. The van der Waals surface area contributed by atoms with E-state index >= 15 is 0 Å². The number of hydrogen-bond acceptors (Lipinski definition) is 2. The van der Waals surface area contributed by atoms with Crippen molar-refractivity contribution in [2.24, 2.45) is 11.8 Å². The van der Waals surface area contributed by atoms with Crippen molar-refractivity contribution in [3.8, 4) is 0 Å². The van der Waals surface area contributed by atoms with Gasteiger partial charge in [0.05, 0.1) is 0 Å². The molecule has 1 heterocycles. The Morgan fingerprint density at radius 2 is 2.11 bits per heavy atom. The van der Waals surface area contributed by atoms with Crippen molar-refractivity contribution >= 4 is 11.0 Å². The number of aliphatic hydroxyl groups is 1. The lowest BCUT2D eigenvalue weighted by Gasteiger charge is -2.37. The van der Waals surface area contributed by atoms with Crippen LogP contribution in [0.1, 0.15) is 38.9 Å². The highest BCUT2D eigenvalue weighted by molar-refractivity contribution is 5.78. The second-order valence-electron chi connectivity index (χ2n) is 6.00. The first-order chi connectivity index (χ1) is 8.99. The maximum absolute atomic E-state index is 13.7. The lowest BCUT2D eigenvalue weighted by molar-refractivity contribution is -0.0488. The normalized spacial score (nSPS) is 31.8. The van der Waals surface area contributed by atoms with Gasteiger partial charge in [0, 0.05) is 5.39 Å². The maximum Gasteiger partial charge on any atom is 0.170 e. The van der Waals surface area contributed by atoms with Crippen LogP contribution in [0, 0.1) is 17.7 Å². The van der Waals surface area contributed by atoms with E-state index in [1.807, 2.05) is 6.07 Å². The Bertz CT molecular complexity index is 604. The summed E-state index contributed by atoms with van der Waals surface area (Å²) < 4.78 is 19.3. The van der Waals surface area contributed by atoms with Crippen molar-refractivity contribution in [1.29, 1.82) is 0 Å². The molecule has 3 unspecified atom stereocenters. The van der Waals surface area contributed by atoms with Crippen LogP contribution in [0.3, 0.4) is 0 Å². The van der Waals surface area contributed by atoms with Crippen molar-refractivity contribution in [2.75, 3.05) is 0 Å². The van der Waals surface area contributed by atoms with Crippen molar-refractivity contribution < 1.29 is 13.9 Å². The standard InChI is InChI=1S/C16H19FO2/c1-10-6-7-16(18,9-11(10)2)14-8-12-4-3-5-13(17)15(12)19-14/h3-5,8,10-11,18H,6-7,9H2,1-2H3. The summed E-state index contributed by atoms with van der Waals surface area (Å²) in [5.41, 5.74) is -0.700. The van der Waals surface area contributed by atoms with Gasteiger partial charge in [0.2, 0.25) is 0 Å². The molecule has 102 valence electrons. The van der Waals surface area contributed by atoms with Gasteiger partial charge in [-0.1, -0.05) is 26.0 Å². The Balaban J connectivity index is 2.02. The number of hydrogen-bond donors (Lipinski definition) is 1. The molecule has 3 atom stereocenters. The molecular weight excluding hydrogens is 243 g/mol. The molecule has 19 heavy (non-hydrogen) atoms. The van der Waals surface area contributed by atoms with E-state index in [-0.39, 0.29) is 11.4 Å². The second kappa shape index (κ2) is 4.34. The van der Waals surface area contributed by atoms with Crippen LogP contribution in [0.15, 0.2) is 28.7 Å². The van der Waals surface area contributed by atoms with E-state index in [1.54, 1.807) is 12.1 Å². The maximum atomic E-state index is 13.7. The fourth-order valence-electron chi connectivity index (χ4n) is 3.07. The van der Waals surface area contributed by atoms with Gasteiger partial charge in [-0.05, 0) is 43.2 Å². The van der Waals surface area contributed by atoms with Gasteiger partial charge in [-0.25, -0.2) is 4.39 Å². The first-order valence-electron chi connectivity index (χ1n) is 6.90. The smallest absolute Gasteiger partial charge is 0.170 e. The topological polar surface area (TPSA) is 33.4 Å². The molecule has 3 heteroatoms. The first kappa shape index (κ1) is 12.7. The highest BCUT2D eigenvalue weighted by atomic mass is 19.1. The summed E-state index contributed by atoms with van der Waals surface area (Å²) >= 11 is 0.